The molecule has 0 amide bonds. The van der Waals surface area contributed by atoms with Gasteiger partial charge in [-0.25, -0.2) is 4.39 Å². The topological polar surface area (TPSA) is 54.3 Å². The van der Waals surface area contributed by atoms with E-state index in [2.05, 4.69) is 5.32 Å². The van der Waals surface area contributed by atoms with Crippen LogP contribution in [0.2, 0.25) is 0 Å². The van der Waals surface area contributed by atoms with Crippen LogP contribution < -0.4 is 5.32 Å². The maximum Gasteiger partial charge on any atom is 0.147 e. The molecule has 1 saturated heterocycles. The third kappa shape index (κ3) is 4.48. The number of rotatable bonds is 7. The van der Waals surface area contributed by atoms with Crippen LogP contribution in [0.15, 0.2) is 18.2 Å². The Morgan fingerprint density at radius 3 is 3.10 bits per heavy atom. The van der Waals surface area contributed by atoms with Crippen LogP contribution in [0.4, 0.5) is 10.1 Å². The summed E-state index contributed by atoms with van der Waals surface area (Å²) in [5.41, 5.74) is 0.746. The summed E-state index contributed by atoms with van der Waals surface area (Å²) in [6.07, 6.45) is 3.24. The molecule has 20 heavy (non-hydrogen) atoms. The van der Waals surface area contributed by atoms with Gasteiger partial charge in [-0.05, 0) is 37.5 Å². The van der Waals surface area contributed by atoms with Crippen LogP contribution in [0.5, 0.6) is 0 Å². The predicted octanol–water partition coefficient (Wildman–Crippen LogP) is 2.69. The molecule has 1 fully saturated rings. The smallest absolute Gasteiger partial charge is 0.147 e. The zero-order chi connectivity index (χ0) is 14.2. The molecule has 1 N–H and O–H groups in total. The summed E-state index contributed by atoms with van der Waals surface area (Å²) < 4.78 is 24.5. The first-order valence-corrected chi connectivity index (χ1v) is 6.92. The van der Waals surface area contributed by atoms with Crippen LogP contribution in [-0.2, 0) is 9.47 Å². The third-order valence-corrected chi connectivity index (χ3v) is 3.21. The Kier molecular flexibility index (Phi) is 5.78. The standard InChI is InChI=1S/C15H19FN2O2/c16-14-9-12(10-17)4-5-15(14)18-6-2-7-19-11-13-3-1-8-20-13/h4-5,9,13,18H,1-3,6-8,11H2. The minimum absolute atomic E-state index is 0.249. The van der Waals surface area contributed by atoms with Gasteiger partial charge in [0, 0.05) is 19.8 Å². The van der Waals surface area contributed by atoms with Gasteiger partial charge in [0.2, 0.25) is 0 Å². The lowest BCUT2D eigenvalue weighted by molar-refractivity contribution is 0.0172. The molecule has 1 aromatic carbocycles. The van der Waals surface area contributed by atoms with Gasteiger partial charge >= 0.3 is 0 Å². The minimum atomic E-state index is -0.399. The fourth-order valence-electron chi connectivity index (χ4n) is 2.12. The lowest BCUT2D eigenvalue weighted by Gasteiger charge is -2.11. The number of hydrogen-bond acceptors (Lipinski definition) is 4. The van der Waals surface area contributed by atoms with E-state index >= 15 is 0 Å². The SMILES string of the molecule is N#Cc1ccc(NCCCOCC2CCCO2)c(F)c1. The van der Waals surface area contributed by atoms with Crippen molar-refractivity contribution in [3.8, 4) is 6.07 Å². The van der Waals surface area contributed by atoms with Crippen molar-refractivity contribution in [2.24, 2.45) is 0 Å². The van der Waals surface area contributed by atoms with E-state index in [9.17, 15) is 4.39 Å². The van der Waals surface area contributed by atoms with Gasteiger partial charge < -0.3 is 14.8 Å². The Hall–Kier alpha value is -1.64. The molecule has 4 nitrogen and oxygen atoms in total. The maximum absolute atomic E-state index is 13.6. The summed E-state index contributed by atoms with van der Waals surface area (Å²) in [5.74, 6) is -0.399. The van der Waals surface area contributed by atoms with Crippen molar-refractivity contribution in [1.29, 1.82) is 5.26 Å². The molecule has 5 heteroatoms. The van der Waals surface area contributed by atoms with Gasteiger partial charge in [0.15, 0.2) is 0 Å². The number of ether oxygens (including phenoxy) is 2. The van der Waals surface area contributed by atoms with Gasteiger partial charge in [0.1, 0.15) is 5.82 Å². The highest BCUT2D eigenvalue weighted by Crippen LogP contribution is 2.15. The molecule has 0 bridgehead atoms. The first-order valence-electron chi connectivity index (χ1n) is 6.92. The second-order valence-electron chi connectivity index (χ2n) is 4.80. The summed E-state index contributed by atoms with van der Waals surface area (Å²) in [4.78, 5) is 0. The second-order valence-corrected chi connectivity index (χ2v) is 4.80. The fraction of sp³-hybridized carbons (Fsp3) is 0.533. The van der Waals surface area contributed by atoms with Crippen molar-refractivity contribution in [1.82, 2.24) is 0 Å². The van der Waals surface area contributed by atoms with Crippen molar-refractivity contribution in [3.05, 3.63) is 29.6 Å². The van der Waals surface area contributed by atoms with Crippen LogP contribution in [0.25, 0.3) is 0 Å². The first-order chi connectivity index (χ1) is 9.79. The molecule has 1 aliphatic heterocycles. The maximum atomic E-state index is 13.6. The number of nitriles is 1. The highest BCUT2D eigenvalue weighted by atomic mass is 19.1. The van der Waals surface area contributed by atoms with Gasteiger partial charge in [-0.1, -0.05) is 0 Å². The molecular formula is C15H19FN2O2. The van der Waals surface area contributed by atoms with E-state index < -0.39 is 5.82 Å². The first kappa shape index (κ1) is 14.8. The van der Waals surface area contributed by atoms with E-state index in [1.54, 1.807) is 12.1 Å². The number of hydrogen-bond donors (Lipinski definition) is 1. The third-order valence-electron chi connectivity index (χ3n) is 3.21. The van der Waals surface area contributed by atoms with Gasteiger partial charge in [0.05, 0.1) is 30.0 Å². The molecule has 0 saturated carbocycles. The van der Waals surface area contributed by atoms with Crippen LogP contribution in [0.1, 0.15) is 24.8 Å². The Bertz CT molecular complexity index is 467. The van der Waals surface area contributed by atoms with Crippen molar-refractivity contribution in [2.75, 3.05) is 31.7 Å². The zero-order valence-corrected chi connectivity index (χ0v) is 11.4. The van der Waals surface area contributed by atoms with E-state index in [1.165, 1.54) is 6.07 Å². The summed E-state index contributed by atoms with van der Waals surface area (Å²) in [7, 11) is 0. The molecule has 1 heterocycles. The minimum Gasteiger partial charge on any atom is -0.383 e. The molecule has 0 aliphatic carbocycles. The highest BCUT2D eigenvalue weighted by Gasteiger charge is 2.14. The molecule has 1 unspecified atom stereocenters. The average Bonchev–Trinajstić information content (AvgIpc) is 2.97. The molecule has 0 spiro atoms. The van der Waals surface area contributed by atoms with Crippen molar-refractivity contribution in [3.63, 3.8) is 0 Å². The van der Waals surface area contributed by atoms with Crippen molar-refractivity contribution < 1.29 is 13.9 Å². The number of nitrogens with zero attached hydrogens (tertiary/aromatic N) is 1. The van der Waals surface area contributed by atoms with E-state index in [1.807, 2.05) is 6.07 Å². The summed E-state index contributed by atoms with van der Waals surface area (Å²) in [6, 6.07) is 6.32. The molecular weight excluding hydrogens is 259 g/mol. The quantitative estimate of drug-likeness (QED) is 0.779. The molecule has 1 aromatic rings. The van der Waals surface area contributed by atoms with Gasteiger partial charge in [0.25, 0.3) is 0 Å². The molecule has 0 aromatic heterocycles. The summed E-state index contributed by atoms with van der Waals surface area (Å²) in [5, 5.41) is 11.6. The summed E-state index contributed by atoms with van der Waals surface area (Å²) in [6.45, 7) is 2.75. The lowest BCUT2D eigenvalue weighted by atomic mass is 10.2. The normalized spacial score (nSPS) is 17.9. The fourth-order valence-corrected chi connectivity index (χ4v) is 2.12. The van der Waals surface area contributed by atoms with E-state index in [4.69, 9.17) is 14.7 Å². The van der Waals surface area contributed by atoms with Crippen molar-refractivity contribution >= 4 is 5.69 Å². The Morgan fingerprint density at radius 2 is 2.40 bits per heavy atom. The van der Waals surface area contributed by atoms with Crippen LogP contribution in [0, 0.1) is 17.1 Å². The molecule has 1 aliphatic rings. The number of anilines is 1. The average molecular weight is 278 g/mol. The number of nitrogens with one attached hydrogen (secondary N) is 1. The van der Waals surface area contributed by atoms with Gasteiger partial charge in [-0.3, -0.25) is 0 Å². The Balaban J connectivity index is 1.60. The van der Waals surface area contributed by atoms with E-state index in [0.717, 1.165) is 25.9 Å². The number of benzene rings is 1. The van der Waals surface area contributed by atoms with Crippen LogP contribution >= 0.6 is 0 Å². The number of halogens is 1. The summed E-state index contributed by atoms with van der Waals surface area (Å²) >= 11 is 0. The molecule has 108 valence electrons. The Labute approximate surface area is 118 Å². The molecule has 1 atom stereocenters. The lowest BCUT2D eigenvalue weighted by Crippen LogP contribution is -2.15. The predicted molar refractivity (Wildman–Crippen MR) is 74.0 cm³/mol. The van der Waals surface area contributed by atoms with Crippen molar-refractivity contribution in [2.45, 2.75) is 25.4 Å². The molecule has 0 radical (unpaired) electrons. The van der Waals surface area contributed by atoms with E-state index in [0.29, 0.717) is 31.0 Å². The Morgan fingerprint density at radius 1 is 1.50 bits per heavy atom. The van der Waals surface area contributed by atoms with E-state index in [-0.39, 0.29) is 6.10 Å². The van der Waals surface area contributed by atoms with Gasteiger partial charge in [-0.15, -0.1) is 0 Å². The largest absolute Gasteiger partial charge is 0.383 e. The van der Waals surface area contributed by atoms with Crippen LogP contribution in [0.3, 0.4) is 0 Å². The zero-order valence-electron chi connectivity index (χ0n) is 11.4. The van der Waals surface area contributed by atoms with Crippen LogP contribution in [-0.4, -0.2) is 32.5 Å². The highest BCUT2D eigenvalue weighted by molar-refractivity contribution is 5.48. The van der Waals surface area contributed by atoms with Gasteiger partial charge in [-0.2, -0.15) is 5.26 Å². The molecule has 2 rings (SSSR count). The second kappa shape index (κ2) is 7.83. The monoisotopic (exact) mass is 278 g/mol.